The van der Waals surface area contributed by atoms with E-state index in [1.54, 1.807) is 73.8 Å². The first-order valence-electron chi connectivity index (χ1n) is 13.4. The van der Waals surface area contributed by atoms with E-state index in [0.717, 1.165) is 21.7 Å². The molecule has 0 aliphatic carbocycles. The number of aryl methyl sites for hydroxylation is 2. The Kier molecular flexibility index (Phi) is 10.2. The Bertz CT molecular complexity index is 1620. The molecular formula is C34H33N3O4S. The molecule has 214 valence electrons. The molecule has 0 aromatic heterocycles. The highest BCUT2D eigenvalue weighted by atomic mass is 32.2. The van der Waals surface area contributed by atoms with Crippen molar-refractivity contribution in [2.75, 3.05) is 17.7 Å². The van der Waals surface area contributed by atoms with Gasteiger partial charge in [0.05, 0.1) is 12.4 Å². The predicted octanol–water partition coefficient (Wildman–Crippen LogP) is 6.84. The van der Waals surface area contributed by atoms with E-state index in [1.165, 1.54) is 11.8 Å². The van der Waals surface area contributed by atoms with E-state index in [0.29, 0.717) is 22.6 Å². The molecular weight excluding hydrogens is 546 g/mol. The average molecular weight is 580 g/mol. The maximum atomic E-state index is 13.4. The number of methoxy groups -OCH3 is 1. The number of amides is 3. The fraction of sp³-hybridized carbons (Fsp3) is 0.147. The highest BCUT2D eigenvalue weighted by molar-refractivity contribution is 8.00. The largest absolute Gasteiger partial charge is 0.497 e. The molecule has 1 unspecified atom stereocenters. The monoisotopic (exact) mass is 579 g/mol. The van der Waals surface area contributed by atoms with Crippen LogP contribution in [-0.4, -0.2) is 30.1 Å². The van der Waals surface area contributed by atoms with E-state index in [-0.39, 0.29) is 16.9 Å². The van der Waals surface area contributed by atoms with E-state index in [4.69, 9.17) is 4.74 Å². The summed E-state index contributed by atoms with van der Waals surface area (Å²) in [5.74, 6) is -0.397. The van der Waals surface area contributed by atoms with Crippen molar-refractivity contribution in [3.63, 3.8) is 0 Å². The smallest absolute Gasteiger partial charge is 0.272 e. The lowest BCUT2D eigenvalue weighted by Crippen LogP contribution is -2.30. The van der Waals surface area contributed by atoms with Crippen LogP contribution in [0, 0.1) is 13.8 Å². The van der Waals surface area contributed by atoms with Crippen LogP contribution in [0.3, 0.4) is 0 Å². The van der Waals surface area contributed by atoms with Crippen molar-refractivity contribution in [2.24, 2.45) is 0 Å². The summed E-state index contributed by atoms with van der Waals surface area (Å²) in [5.41, 5.74) is 4.55. The molecule has 0 fully saturated rings. The number of carbonyl (C=O) groups excluding carboxylic acids is 3. The second-order valence-corrected chi connectivity index (χ2v) is 11.1. The Morgan fingerprint density at radius 2 is 1.60 bits per heavy atom. The molecule has 1 atom stereocenters. The number of thioether (sulfide) groups is 1. The number of rotatable bonds is 10. The van der Waals surface area contributed by atoms with Gasteiger partial charge < -0.3 is 20.7 Å². The summed E-state index contributed by atoms with van der Waals surface area (Å²) in [7, 11) is 1.56. The van der Waals surface area contributed by atoms with Gasteiger partial charge in [-0.15, -0.1) is 11.8 Å². The van der Waals surface area contributed by atoms with E-state index in [1.807, 2.05) is 57.2 Å². The van der Waals surface area contributed by atoms with Gasteiger partial charge in [0.15, 0.2) is 0 Å². The van der Waals surface area contributed by atoms with Crippen LogP contribution in [-0.2, 0) is 9.59 Å². The molecule has 7 nitrogen and oxygen atoms in total. The maximum absolute atomic E-state index is 13.4. The molecule has 0 saturated carbocycles. The summed E-state index contributed by atoms with van der Waals surface area (Å²) in [6.07, 6.45) is 1.59. The van der Waals surface area contributed by atoms with Crippen LogP contribution in [0.2, 0.25) is 0 Å². The quantitative estimate of drug-likeness (QED) is 0.141. The fourth-order valence-corrected chi connectivity index (χ4v) is 4.97. The third-order valence-corrected chi connectivity index (χ3v) is 7.45. The van der Waals surface area contributed by atoms with Gasteiger partial charge in [0.2, 0.25) is 5.91 Å². The molecule has 0 aliphatic rings. The molecule has 4 aromatic rings. The van der Waals surface area contributed by atoms with Crippen LogP contribution in [0.1, 0.15) is 34.0 Å². The molecule has 0 heterocycles. The lowest BCUT2D eigenvalue weighted by Gasteiger charge is -2.15. The van der Waals surface area contributed by atoms with Gasteiger partial charge in [-0.1, -0.05) is 48.5 Å². The van der Waals surface area contributed by atoms with Gasteiger partial charge in [-0.3, -0.25) is 14.4 Å². The van der Waals surface area contributed by atoms with Crippen molar-refractivity contribution in [3.8, 4) is 5.75 Å². The second kappa shape index (κ2) is 14.2. The minimum Gasteiger partial charge on any atom is -0.497 e. The summed E-state index contributed by atoms with van der Waals surface area (Å²) >= 11 is 1.38. The standard InChI is InChI=1S/C34H33N3O4S/c1-22-16-17-23(2)30(18-22)36-32(38)24(3)42-29-15-9-13-27(21-29)35-34(40)31(20-25-10-8-14-28(19-25)41-4)37-33(39)26-11-6-5-7-12-26/h5-21,24H,1-4H3,(H,35,40)(H,36,38)(H,37,39)/b31-20-. The number of hydrogen-bond acceptors (Lipinski definition) is 5. The molecule has 3 N–H and O–H groups in total. The normalized spacial score (nSPS) is 11.8. The zero-order valence-corrected chi connectivity index (χ0v) is 24.8. The minimum absolute atomic E-state index is 0.0661. The SMILES string of the molecule is COc1cccc(/C=C(\NC(=O)c2ccccc2)C(=O)Nc2cccc(SC(C)C(=O)Nc3cc(C)ccc3C)c2)c1. The Morgan fingerprint density at radius 1 is 0.833 bits per heavy atom. The highest BCUT2D eigenvalue weighted by Gasteiger charge is 2.18. The maximum Gasteiger partial charge on any atom is 0.272 e. The van der Waals surface area contributed by atoms with Crippen molar-refractivity contribution >= 4 is 46.9 Å². The number of anilines is 2. The summed E-state index contributed by atoms with van der Waals surface area (Å²) in [6, 6.07) is 29.0. The lowest BCUT2D eigenvalue weighted by molar-refractivity contribution is -0.115. The zero-order valence-electron chi connectivity index (χ0n) is 23.9. The number of nitrogens with one attached hydrogen (secondary N) is 3. The Hall–Kier alpha value is -4.82. The van der Waals surface area contributed by atoms with Crippen molar-refractivity contribution < 1.29 is 19.1 Å². The fourth-order valence-electron chi connectivity index (χ4n) is 4.05. The van der Waals surface area contributed by atoms with Crippen molar-refractivity contribution in [1.29, 1.82) is 0 Å². The van der Waals surface area contributed by atoms with Crippen molar-refractivity contribution in [3.05, 3.63) is 125 Å². The summed E-state index contributed by atoms with van der Waals surface area (Å²) in [5, 5.41) is 8.25. The molecule has 0 radical (unpaired) electrons. The van der Waals surface area contributed by atoms with Gasteiger partial charge in [0.1, 0.15) is 11.4 Å². The molecule has 4 aromatic carbocycles. The van der Waals surface area contributed by atoms with E-state index in [9.17, 15) is 14.4 Å². The first kappa shape index (κ1) is 30.1. The molecule has 42 heavy (non-hydrogen) atoms. The predicted molar refractivity (Wildman–Crippen MR) is 170 cm³/mol. The summed E-state index contributed by atoms with van der Waals surface area (Å²) < 4.78 is 5.30. The van der Waals surface area contributed by atoms with Gasteiger partial charge in [0.25, 0.3) is 11.8 Å². The molecule has 0 saturated heterocycles. The minimum atomic E-state index is -0.495. The van der Waals surface area contributed by atoms with Crippen LogP contribution < -0.4 is 20.7 Å². The Morgan fingerprint density at radius 3 is 2.36 bits per heavy atom. The Balaban J connectivity index is 1.50. The molecule has 0 bridgehead atoms. The van der Waals surface area contributed by atoms with Gasteiger partial charge in [-0.2, -0.15) is 0 Å². The highest BCUT2D eigenvalue weighted by Crippen LogP contribution is 2.27. The summed E-state index contributed by atoms with van der Waals surface area (Å²) in [4.78, 5) is 40.1. The van der Waals surface area contributed by atoms with Gasteiger partial charge >= 0.3 is 0 Å². The first-order valence-corrected chi connectivity index (χ1v) is 14.3. The molecule has 4 rings (SSSR count). The molecule has 0 aliphatic heterocycles. The number of benzene rings is 4. The molecule has 3 amide bonds. The molecule has 0 spiro atoms. The van der Waals surface area contributed by atoms with Crippen molar-refractivity contribution in [1.82, 2.24) is 5.32 Å². The van der Waals surface area contributed by atoms with Gasteiger partial charge in [-0.05, 0) is 92.1 Å². The topological polar surface area (TPSA) is 96.5 Å². The number of ether oxygens (including phenoxy) is 1. The van der Waals surface area contributed by atoms with E-state index in [2.05, 4.69) is 16.0 Å². The molecule has 8 heteroatoms. The van der Waals surface area contributed by atoms with Gasteiger partial charge in [0, 0.05) is 21.8 Å². The van der Waals surface area contributed by atoms with Crippen LogP contribution in [0.25, 0.3) is 6.08 Å². The second-order valence-electron chi connectivity index (χ2n) is 9.70. The van der Waals surface area contributed by atoms with Crippen LogP contribution in [0.15, 0.2) is 108 Å². The average Bonchev–Trinajstić information content (AvgIpc) is 2.99. The third kappa shape index (κ3) is 8.34. The van der Waals surface area contributed by atoms with Crippen molar-refractivity contribution in [2.45, 2.75) is 30.9 Å². The first-order chi connectivity index (χ1) is 20.2. The number of hydrogen-bond donors (Lipinski definition) is 3. The Labute approximate surface area is 250 Å². The van der Waals surface area contributed by atoms with Crippen LogP contribution in [0.5, 0.6) is 5.75 Å². The third-order valence-electron chi connectivity index (χ3n) is 6.36. The van der Waals surface area contributed by atoms with E-state index < -0.39 is 11.8 Å². The van der Waals surface area contributed by atoms with Crippen LogP contribution in [0.4, 0.5) is 11.4 Å². The number of carbonyl (C=O) groups is 3. The lowest BCUT2D eigenvalue weighted by atomic mass is 10.1. The zero-order chi connectivity index (χ0) is 30.1. The summed E-state index contributed by atoms with van der Waals surface area (Å²) in [6.45, 7) is 5.78. The van der Waals surface area contributed by atoms with E-state index >= 15 is 0 Å². The van der Waals surface area contributed by atoms with Crippen LogP contribution >= 0.6 is 11.8 Å². The van der Waals surface area contributed by atoms with Gasteiger partial charge in [-0.25, -0.2) is 0 Å².